The van der Waals surface area contributed by atoms with E-state index < -0.39 is 5.97 Å². The number of unbranched alkanes of at least 4 members (excludes halogenated alkanes) is 6. The lowest BCUT2D eigenvalue weighted by atomic mass is 10.1. The average Bonchev–Trinajstić information content (AvgIpc) is 3.22. The Hall–Kier alpha value is -0.870. The lowest BCUT2D eigenvalue weighted by molar-refractivity contribution is -0.137. The Labute approximate surface area is 134 Å². The van der Waals surface area contributed by atoms with Crippen LogP contribution in [0, 0.1) is 0 Å². The maximum absolute atomic E-state index is 10.4. The van der Waals surface area contributed by atoms with Crippen LogP contribution < -0.4 is 0 Å². The van der Waals surface area contributed by atoms with Crippen LogP contribution in [0.2, 0.25) is 0 Å². The highest BCUT2D eigenvalue weighted by molar-refractivity contribution is 5.66. The minimum Gasteiger partial charge on any atom is -0.481 e. The Balaban J connectivity index is 1.92. The predicted octanol–water partition coefficient (Wildman–Crippen LogP) is 4.07. The van der Waals surface area contributed by atoms with Crippen LogP contribution in [0.5, 0.6) is 0 Å². The molecule has 1 saturated heterocycles. The van der Waals surface area contributed by atoms with Gasteiger partial charge in [0.1, 0.15) is 6.10 Å². The summed E-state index contributed by atoms with van der Waals surface area (Å²) in [7, 11) is 0. The zero-order chi connectivity index (χ0) is 16.2. The second-order valence-corrected chi connectivity index (χ2v) is 6.29. The topological polar surface area (TPSA) is 70.1 Å². The summed E-state index contributed by atoms with van der Waals surface area (Å²) in [4.78, 5) is 10.4. The molecule has 0 radical (unpaired) electrons. The van der Waals surface area contributed by atoms with Crippen molar-refractivity contribution in [2.24, 2.45) is 0 Å². The highest BCUT2D eigenvalue weighted by Crippen LogP contribution is 2.28. The minimum atomic E-state index is -0.712. The number of aliphatic carboxylic acids is 1. The summed E-state index contributed by atoms with van der Waals surface area (Å²) in [6, 6.07) is 0. The fraction of sp³-hybridized carbons (Fsp3) is 0.833. The van der Waals surface area contributed by atoms with Crippen LogP contribution in [0.1, 0.15) is 77.6 Å². The van der Waals surface area contributed by atoms with Gasteiger partial charge in [-0.05, 0) is 19.3 Å². The van der Waals surface area contributed by atoms with E-state index in [0.29, 0.717) is 6.10 Å². The number of aliphatic hydroxyl groups excluding tert-OH is 1. The van der Waals surface area contributed by atoms with Crippen molar-refractivity contribution < 1.29 is 19.7 Å². The van der Waals surface area contributed by atoms with E-state index in [1.807, 2.05) is 12.2 Å². The molecule has 0 amide bonds. The molecule has 0 aromatic heterocycles. The smallest absolute Gasteiger partial charge is 0.303 e. The van der Waals surface area contributed by atoms with Crippen molar-refractivity contribution in [2.45, 2.75) is 95.9 Å². The lowest BCUT2D eigenvalue weighted by Gasteiger charge is -2.05. The molecular weight excluding hydrogens is 280 g/mol. The molecule has 0 aromatic rings. The van der Waals surface area contributed by atoms with Crippen molar-refractivity contribution in [3.63, 3.8) is 0 Å². The zero-order valence-electron chi connectivity index (χ0n) is 13.9. The number of aliphatic hydroxyl groups is 1. The quantitative estimate of drug-likeness (QED) is 0.288. The molecule has 0 saturated carbocycles. The fourth-order valence-corrected chi connectivity index (χ4v) is 2.65. The largest absolute Gasteiger partial charge is 0.481 e. The summed E-state index contributed by atoms with van der Waals surface area (Å²) in [5.74, 6) is -0.712. The average molecular weight is 312 g/mol. The van der Waals surface area contributed by atoms with Crippen LogP contribution >= 0.6 is 0 Å². The highest BCUT2D eigenvalue weighted by Gasteiger charge is 2.35. The van der Waals surface area contributed by atoms with Crippen LogP contribution in [0.3, 0.4) is 0 Å². The van der Waals surface area contributed by atoms with Crippen molar-refractivity contribution in [3.05, 3.63) is 12.2 Å². The number of hydrogen-bond donors (Lipinski definition) is 2. The first-order chi connectivity index (χ1) is 10.6. The van der Waals surface area contributed by atoms with Crippen LogP contribution in [0.15, 0.2) is 12.2 Å². The Kier molecular flexibility index (Phi) is 10.2. The maximum atomic E-state index is 10.4. The van der Waals surface area contributed by atoms with E-state index in [1.165, 1.54) is 19.3 Å². The summed E-state index contributed by atoms with van der Waals surface area (Å²) >= 11 is 0. The summed E-state index contributed by atoms with van der Waals surface area (Å²) in [6.45, 7) is 2.20. The first-order valence-electron chi connectivity index (χ1n) is 8.87. The molecule has 1 aliphatic heterocycles. The maximum Gasteiger partial charge on any atom is 0.303 e. The molecular formula is C18H32O4. The monoisotopic (exact) mass is 312 g/mol. The van der Waals surface area contributed by atoms with Gasteiger partial charge in [0.05, 0.1) is 12.2 Å². The number of hydrogen-bond acceptors (Lipinski definition) is 3. The zero-order valence-corrected chi connectivity index (χ0v) is 13.9. The Bertz CT molecular complexity index is 327. The van der Waals surface area contributed by atoms with Gasteiger partial charge in [0.25, 0.3) is 0 Å². The van der Waals surface area contributed by atoms with Gasteiger partial charge in [-0.15, -0.1) is 0 Å². The molecule has 1 aliphatic rings. The van der Waals surface area contributed by atoms with Crippen molar-refractivity contribution in [1.29, 1.82) is 0 Å². The fourth-order valence-electron chi connectivity index (χ4n) is 2.65. The standard InChI is InChI=1S/C18H32O4/c1-2-3-7-11-16-17(22-16)14-13-15(19)10-8-5-4-6-9-12-18(20)21/h13-17,19H,2-12H2,1H3,(H,20,21)/b14-13+/t15-,16+,17+/m0/s1. The van der Waals surface area contributed by atoms with E-state index in [0.717, 1.165) is 44.9 Å². The van der Waals surface area contributed by atoms with Crippen molar-refractivity contribution >= 4 is 5.97 Å². The Morgan fingerprint density at radius 2 is 1.86 bits per heavy atom. The number of ether oxygens (including phenoxy) is 1. The van der Waals surface area contributed by atoms with Gasteiger partial charge in [0.15, 0.2) is 0 Å². The molecule has 1 rings (SSSR count). The summed E-state index contributed by atoms with van der Waals surface area (Å²) in [5, 5.41) is 18.4. The van der Waals surface area contributed by atoms with Gasteiger partial charge < -0.3 is 14.9 Å². The SMILES string of the molecule is CCCCC[C@H]1O[C@@H]1/C=C/[C@@H](O)CCCCCCCC(=O)O. The van der Waals surface area contributed by atoms with Gasteiger partial charge >= 0.3 is 5.97 Å². The van der Waals surface area contributed by atoms with Gasteiger partial charge in [-0.25, -0.2) is 0 Å². The van der Waals surface area contributed by atoms with E-state index in [9.17, 15) is 9.90 Å². The predicted molar refractivity (Wildman–Crippen MR) is 87.9 cm³/mol. The number of carboxylic acids is 1. The van der Waals surface area contributed by atoms with E-state index in [2.05, 4.69) is 6.92 Å². The molecule has 4 nitrogen and oxygen atoms in total. The molecule has 0 unspecified atom stereocenters. The van der Waals surface area contributed by atoms with E-state index in [-0.39, 0.29) is 18.6 Å². The first-order valence-corrected chi connectivity index (χ1v) is 8.87. The van der Waals surface area contributed by atoms with Gasteiger partial charge in [-0.2, -0.15) is 0 Å². The third kappa shape index (κ3) is 9.96. The lowest BCUT2D eigenvalue weighted by Crippen LogP contribution is -2.02. The number of epoxide rings is 1. The second kappa shape index (κ2) is 11.7. The molecule has 4 heteroatoms. The molecule has 2 N–H and O–H groups in total. The van der Waals surface area contributed by atoms with Crippen LogP contribution in [0.25, 0.3) is 0 Å². The first kappa shape index (κ1) is 19.2. The summed E-state index contributed by atoms with van der Waals surface area (Å²) < 4.78 is 5.56. The summed E-state index contributed by atoms with van der Waals surface area (Å²) in [6.07, 6.45) is 14.9. The molecule has 3 atom stereocenters. The van der Waals surface area contributed by atoms with E-state index >= 15 is 0 Å². The number of carboxylic acid groups (broad SMARTS) is 1. The Morgan fingerprint density at radius 1 is 1.14 bits per heavy atom. The van der Waals surface area contributed by atoms with Crippen LogP contribution in [-0.4, -0.2) is 34.5 Å². The Morgan fingerprint density at radius 3 is 2.59 bits per heavy atom. The van der Waals surface area contributed by atoms with Crippen molar-refractivity contribution in [1.82, 2.24) is 0 Å². The van der Waals surface area contributed by atoms with E-state index in [4.69, 9.17) is 9.84 Å². The van der Waals surface area contributed by atoms with Crippen molar-refractivity contribution in [3.8, 4) is 0 Å². The molecule has 0 aromatic carbocycles. The van der Waals surface area contributed by atoms with Crippen LogP contribution in [-0.2, 0) is 9.53 Å². The molecule has 1 heterocycles. The number of carbonyl (C=O) groups is 1. The second-order valence-electron chi connectivity index (χ2n) is 6.29. The normalized spacial score (nSPS) is 22.1. The third-order valence-corrected chi connectivity index (χ3v) is 4.13. The van der Waals surface area contributed by atoms with Gasteiger partial charge in [0.2, 0.25) is 0 Å². The highest BCUT2D eigenvalue weighted by atomic mass is 16.6. The van der Waals surface area contributed by atoms with E-state index in [1.54, 1.807) is 0 Å². The minimum absolute atomic E-state index is 0.225. The number of rotatable bonds is 14. The molecule has 0 aliphatic carbocycles. The van der Waals surface area contributed by atoms with Crippen LogP contribution in [0.4, 0.5) is 0 Å². The molecule has 128 valence electrons. The molecule has 0 spiro atoms. The third-order valence-electron chi connectivity index (χ3n) is 4.13. The summed E-state index contributed by atoms with van der Waals surface area (Å²) in [5.41, 5.74) is 0. The molecule has 1 fully saturated rings. The molecule has 22 heavy (non-hydrogen) atoms. The van der Waals surface area contributed by atoms with Gasteiger partial charge in [0, 0.05) is 6.42 Å². The van der Waals surface area contributed by atoms with Gasteiger partial charge in [-0.3, -0.25) is 4.79 Å². The molecule has 0 bridgehead atoms. The van der Waals surface area contributed by atoms with Crippen molar-refractivity contribution in [2.75, 3.05) is 0 Å². The van der Waals surface area contributed by atoms with Gasteiger partial charge in [-0.1, -0.05) is 64.0 Å².